The van der Waals surface area contributed by atoms with Crippen LogP contribution < -0.4 is 9.64 Å². The van der Waals surface area contributed by atoms with E-state index in [0.717, 1.165) is 28.0 Å². The summed E-state index contributed by atoms with van der Waals surface area (Å²) >= 11 is 2.29. The van der Waals surface area contributed by atoms with Gasteiger partial charge in [0.2, 0.25) is 5.91 Å². The van der Waals surface area contributed by atoms with Crippen LogP contribution in [0.4, 0.5) is 5.69 Å². The maximum atomic E-state index is 13.0. The van der Waals surface area contributed by atoms with Gasteiger partial charge in [0.05, 0.1) is 24.8 Å². The summed E-state index contributed by atoms with van der Waals surface area (Å²) in [7, 11) is 1.63. The Bertz CT molecular complexity index is 653. The van der Waals surface area contributed by atoms with E-state index in [1.165, 1.54) is 0 Å². The number of methoxy groups -OCH3 is 1. The molecule has 1 aliphatic rings. The minimum absolute atomic E-state index is 0.0596. The van der Waals surface area contributed by atoms with Crippen LogP contribution in [0.5, 0.6) is 5.75 Å². The molecular formula is C17H18INO3. The number of nitrogens with zero attached hydrogens (tertiary/aromatic N) is 1. The van der Waals surface area contributed by atoms with Gasteiger partial charge in [-0.2, -0.15) is 0 Å². The lowest BCUT2D eigenvalue weighted by atomic mass is 9.89. The normalized spacial score (nSPS) is 24.8. The molecule has 1 saturated heterocycles. The minimum Gasteiger partial charge on any atom is -0.497 e. The first kappa shape index (κ1) is 15.4. The molecule has 5 heteroatoms. The van der Waals surface area contributed by atoms with Gasteiger partial charge in [0.1, 0.15) is 11.5 Å². The van der Waals surface area contributed by atoms with Gasteiger partial charge < -0.3 is 14.1 Å². The zero-order chi connectivity index (χ0) is 15.7. The number of ether oxygens (including phenoxy) is 1. The summed E-state index contributed by atoms with van der Waals surface area (Å²) in [6.45, 7) is 2.03. The third-order valence-electron chi connectivity index (χ3n) is 4.21. The lowest BCUT2D eigenvalue weighted by Crippen LogP contribution is -2.34. The standard InChI is InChI=1S/C17H18INO3/c1-17(11-18)10-14(15-4-3-9-22-15)19(16(17)20)12-5-7-13(21-2)8-6-12/h3-9,14H,10-11H2,1-2H3/t14-,17-/m1/s1. The molecule has 1 amide bonds. The summed E-state index contributed by atoms with van der Waals surface area (Å²) in [5.74, 6) is 1.76. The molecule has 2 atom stereocenters. The Morgan fingerprint density at radius 2 is 2.09 bits per heavy atom. The highest BCUT2D eigenvalue weighted by atomic mass is 127. The molecule has 1 fully saturated rings. The maximum Gasteiger partial charge on any atom is 0.234 e. The van der Waals surface area contributed by atoms with Gasteiger partial charge in [0.15, 0.2) is 0 Å². The first-order valence-electron chi connectivity index (χ1n) is 7.16. The van der Waals surface area contributed by atoms with E-state index in [2.05, 4.69) is 22.6 Å². The average Bonchev–Trinajstić information content (AvgIpc) is 3.16. The zero-order valence-electron chi connectivity index (χ0n) is 12.6. The van der Waals surface area contributed by atoms with Gasteiger partial charge in [-0.1, -0.05) is 22.6 Å². The summed E-state index contributed by atoms with van der Waals surface area (Å²) in [6.07, 6.45) is 2.42. The third kappa shape index (κ3) is 2.51. The molecule has 0 unspecified atom stereocenters. The van der Waals surface area contributed by atoms with Crippen LogP contribution in [0, 0.1) is 5.41 Å². The fraction of sp³-hybridized carbons (Fsp3) is 0.353. The Balaban J connectivity index is 2.02. The Labute approximate surface area is 143 Å². The number of anilines is 1. The van der Waals surface area contributed by atoms with E-state index in [1.807, 2.05) is 48.2 Å². The molecule has 0 aliphatic carbocycles. The van der Waals surface area contributed by atoms with Crippen molar-refractivity contribution in [3.63, 3.8) is 0 Å². The van der Waals surface area contributed by atoms with Crippen molar-refractivity contribution in [1.82, 2.24) is 0 Å². The lowest BCUT2D eigenvalue weighted by molar-refractivity contribution is -0.123. The Morgan fingerprint density at radius 1 is 1.36 bits per heavy atom. The van der Waals surface area contributed by atoms with E-state index in [0.29, 0.717) is 0 Å². The molecule has 4 nitrogen and oxygen atoms in total. The highest BCUT2D eigenvalue weighted by Gasteiger charge is 2.49. The topological polar surface area (TPSA) is 42.7 Å². The average molecular weight is 411 g/mol. The molecule has 0 bridgehead atoms. The number of furan rings is 1. The number of carbonyl (C=O) groups excluding carboxylic acids is 1. The van der Waals surface area contributed by atoms with Crippen LogP contribution in [-0.2, 0) is 4.79 Å². The van der Waals surface area contributed by atoms with E-state index in [1.54, 1.807) is 13.4 Å². The van der Waals surface area contributed by atoms with Gasteiger partial charge in [-0.25, -0.2) is 0 Å². The molecule has 0 N–H and O–H groups in total. The van der Waals surface area contributed by atoms with Crippen molar-refractivity contribution in [2.45, 2.75) is 19.4 Å². The molecule has 3 rings (SSSR count). The van der Waals surface area contributed by atoms with Crippen molar-refractivity contribution in [1.29, 1.82) is 0 Å². The van der Waals surface area contributed by atoms with Gasteiger partial charge in [0.25, 0.3) is 0 Å². The molecule has 2 heterocycles. The smallest absolute Gasteiger partial charge is 0.234 e. The molecule has 22 heavy (non-hydrogen) atoms. The second-order valence-corrected chi connectivity index (χ2v) is 6.57. The van der Waals surface area contributed by atoms with Crippen LogP contribution in [0.3, 0.4) is 0 Å². The van der Waals surface area contributed by atoms with Crippen molar-refractivity contribution >= 4 is 34.2 Å². The van der Waals surface area contributed by atoms with Crippen molar-refractivity contribution in [3.05, 3.63) is 48.4 Å². The summed E-state index contributed by atoms with van der Waals surface area (Å²) < 4.78 is 11.6. The molecule has 1 aromatic heterocycles. The summed E-state index contributed by atoms with van der Waals surface area (Å²) in [5.41, 5.74) is 0.513. The van der Waals surface area contributed by atoms with E-state index in [9.17, 15) is 4.79 Å². The predicted molar refractivity (Wildman–Crippen MR) is 93.5 cm³/mol. The van der Waals surface area contributed by atoms with Crippen LogP contribution in [0.2, 0.25) is 0 Å². The molecule has 1 aliphatic heterocycles. The van der Waals surface area contributed by atoms with Gasteiger partial charge in [-0.05, 0) is 49.7 Å². The molecule has 0 saturated carbocycles. The number of alkyl halides is 1. The SMILES string of the molecule is COc1ccc(N2C(=O)[C@@](C)(CI)C[C@@H]2c2ccco2)cc1. The first-order chi connectivity index (χ1) is 10.6. The molecule has 0 spiro atoms. The highest BCUT2D eigenvalue weighted by Crippen LogP contribution is 2.47. The number of carbonyl (C=O) groups is 1. The fourth-order valence-electron chi connectivity index (χ4n) is 2.90. The van der Waals surface area contributed by atoms with Gasteiger partial charge in [0, 0.05) is 10.1 Å². The number of hydrogen-bond acceptors (Lipinski definition) is 3. The second-order valence-electron chi connectivity index (χ2n) is 5.80. The third-order valence-corrected chi connectivity index (χ3v) is 5.89. The molecule has 116 valence electrons. The molecule has 1 aromatic carbocycles. The highest BCUT2D eigenvalue weighted by molar-refractivity contribution is 14.1. The van der Waals surface area contributed by atoms with Crippen molar-refractivity contribution in [2.75, 3.05) is 16.4 Å². The lowest BCUT2D eigenvalue weighted by Gasteiger charge is -2.24. The quantitative estimate of drug-likeness (QED) is 0.560. The molecule has 2 aromatic rings. The monoisotopic (exact) mass is 411 g/mol. The number of halogens is 1. The van der Waals surface area contributed by atoms with E-state index in [-0.39, 0.29) is 17.4 Å². The van der Waals surface area contributed by atoms with Crippen molar-refractivity contribution < 1.29 is 13.9 Å². The van der Waals surface area contributed by atoms with Crippen LogP contribution >= 0.6 is 22.6 Å². The Morgan fingerprint density at radius 3 is 2.64 bits per heavy atom. The number of amides is 1. The summed E-state index contributed by atoms with van der Waals surface area (Å²) in [5, 5.41) is 0. The summed E-state index contributed by atoms with van der Waals surface area (Å²) in [6, 6.07) is 11.3. The minimum atomic E-state index is -0.363. The largest absolute Gasteiger partial charge is 0.497 e. The fourth-order valence-corrected chi connectivity index (χ4v) is 3.54. The van der Waals surface area contributed by atoms with E-state index < -0.39 is 0 Å². The van der Waals surface area contributed by atoms with Crippen LogP contribution in [0.15, 0.2) is 47.1 Å². The Hall–Kier alpha value is -1.50. The number of hydrogen-bond donors (Lipinski definition) is 0. The van der Waals surface area contributed by atoms with Gasteiger partial charge in [-0.3, -0.25) is 4.79 Å². The van der Waals surface area contributed by atoms with Crippen molar-refractivity contribution in [3.8, 4) is 5.75 Å². The Kier molecular flexibility index (Phi) is 4.16. The first-order valence-corrected chi connectivity index (χ1v) is 8.69. The summed E-state index contributed by atoms with van der Waals surface area (Å²) in [4.78, 5) is 14.8. The van der Waals surface area contributed by atoms with E-state index in [4.69, 9.17) is 9.15 Å². The van der Waals surface area contributed by atoms with Gasteiger partial charge >= 0.3 is 0 Å². The maximum absolute atomic E-state index is 13.0. The molecular weight excluding hydrogens is 393 g/mol. The van der Waals surface area contributed by atoms with Gasteiger partial charge in [-0.15, -0.1) is 0 Å². The van der Waals surface area contributed by atoms with Crippen LogP contribution in [0.25, 0.3) is 0 Å². The predicted octanol–water partition coefficient (Wildman–Crippen LogP) is 4.21. The van der Waals surface area contributed by atoms with E-state index >= 15 is 0 Å². The zero-order valence-corrected chi connectivity index (χ0v) is 14.7. The van der Waals surface area contributed by atoms with Crippen LogP contribution in [-0.4, -0.2) is 17.4 Å². The molecule has 0 radical (unpaired) electrons. The van der Waals surface area contributed by atoms with Crippen molar-refractivity contribution in [2.24, 2.45) is 5.41 Å². The number of benzene rings is 1. The second kappa shape index (κ2) is 5.95. The number of rotatable bonds is 4. The van der Waals surface area contributed by atoms with Crippen LogP contribution in [0.1, 0.15) is 25.1 Å².